The van der Waals surface area contributed by atoms with E-state index >= 15 is 0 Å². The molecule has 3 rings (SSSR count). The van der Waals surface area contributed by atoms with E-state index in [0.29, 0.717) is 24.6 Å². The van der Waals surface area contributed by atoms with Gasteiger partial charge in [0.1, 0.15) is 11.6 Å². The van der Waals surface area contributed by atoms with Gasteiger partial charge in [-0.05, 0) is 25.1 Å². The topological polar surface area (TPSA) is 63.5 Å². The fraction of sp³-hybridized carbons (Fsp3) is 0.300. The summed E-state index contributed by atoms with van der Waals surface area (Å²) in [5, 5.41) is 6.33. The number of hydrogen-bond acceptors (Lipinski definition) is 3. The van der Waals surface area contributed by atoms with E-state index in [-0.39, 0.29) is 29.7 Å². The number of guanidine groups is 1. The minimum Gasteiger partial charge on any atom is -0.434 e. The molecule has 0 radical (unpaired) electrons. The van der Waals surface area contributed by atoms with Crippen molar-refractivity contribution in [3.05, 3.63) is 59.4 Å². The van der Waals surface area contributed by atoms with Crippen LogP contribution in [0, 0.1) is 6.92 Å². The summed E-state index contributed by atoms with van der Waals surface area (Å²) in [4.78, 5) is 8.79. The second kappa shape index (κ2) is 10.4. The smallest absolute Gasteiger partial charge is 0.387 e. The Balaban J connectivity index is 0.00000300. The zero-order chi connectivity index (χ0) is 20.1. The minimum absolute atomic E-state index is 0. The predicted octanol–water partition coefficient (Wildman–Crippen LogP) is 3.97. The van der Waals surface area contributed by atoms with Gasteiger partial charge in [0.15, 0.2) is 5.96 Å². The normalized spacial score (nSPS) is 11.4. The summed E-state index contributed by atoms with van der Waals surface area (Å²) in [5.74, 6) is 1.55. The maximum Gasteiger partial charge on any atom is 0.387 e. The highest BCUT2D eigenvalue weighted by atomic mass is 127. The van der Waals surface area contributed by atoms with E-state index in [0.717, 1.165) is 22.4 Å². The molecule has 3 aromatic rings. The molecule has 0 saturated heterocycles. The third-order valence-electron chi connectivity index (χ3n) is 4.40. The zero-order valence-corrected chi connectivity index (χ0v) is 18.8. The molecule has 2 N–H and O–H groups in total. The summed E-state index contributed by atoms with van der Waals surface area (Å²) in [6, 6.07) is 13.0. The number of halogens is 3. The van der Waals surface area contributed by atoms with Gasteiger partial charge in [-0.25, -0.2) is 4.98 Å². The third-order valence-corrected chi connectivity index (χ3v) is 4.40. The van der Waals surface area contributed by atoms with Crippen LogP contribution in [0.5, 0.6) is 5.75 Å². The number of hydrogen-bond donors (Lipinski definition) is 2. The molecule has 1 aromatic heterocycles. The van der Waals surface area contributed by atoms with Gasteiger partial charge in [-0.1, -0.05) is 29.8 Å². The lowest BCUT2D eigenvalue weighted by Gasteiger charge is -2.15. The summed E-state index contributed by atoms with van der Waals surface area (Å²) in [6.45, 7) is -0.198. The van der Waals surface area contributed by atoms with Crippen molar-refractivity contribution in [3.63, 3.8) is 0 Å². The van der Waals surface area contributed by atoms with Gasteiger partial charge in [0.05, 0.1) is 17.6 Å². The maximum atomic E-state index is 12.6. The van der Waals surface area contributed by atoms with Crippen molar-refractivity contribution < 1.29 is 13.5 Å². The Morgan fingerprint density at radius 2 is 1.90 bits per heavy atom. The molecule has 6 nitrogen and oxygen atoms in total. The number of nitrogens with one attached hydrogen (secondary N) is 2. The number of fused-ring (bicyclic) bond motifs is 1. The minimum atomic E-state index is -2.86. The van der Waals surface area contributed by atoms with Crippen molar-refractivity contribution in [2.75, 3.05) is 7.05 Å². The lowest BCUT2D eigenvalue weighted by Crippen LogP contribution is -2.37. The SMILES string of the molecule is CN=C(NCc1cc(C)ccc1OC(F)F)NCc1nc2ccccc2n1C.I. The molecular weight excluding hydrogens is 491 g/mol. The number of nitrogens with zero attached hydrogens (tertiary/aromatic N) is 3. The molecule has 0 spiro atoms. The van der Waals surface area contributed by atoms with Crippen molar-refractivity contribution in [2.24, 2.45) is 12.0 Å². The molecule has 0 aliphatic carbocycles. The Labute approximate surface area is 185 Å². The van der Waals surface area contributed by atoms with Crippen LogP contribution in [0.3, 0.4) is 0 Å². The highest BCUT2D eigenvalue weighted by Gasteiger charge is 2.11. The molecule has 29 heavy (non-hydrogen) atoms. The van der Waals surface area contributed by atoms with Crippen molar-refractivity contribution in [3.8, 4) is 5.75 Å². The Morgan fingerprint density at radius 1 is 1.17 bits per heavy atom. The van der Waals surface area contributed by atoms with E-state index in [2.05, 4.69) is 25.3 Å². The van der Waals surface area contributed by atoms with E-state index in [4.69, 9.17) is 0 Å². The number of para-hydroxylation sites is 2. The van der Waals surface area contributed by atoms with Crippen LogP contribution in [0.2, 0.25) is 0 Å². The standard InChI is InChI=1S/C20H23F2N5O.HI/c1-13-8-9-17(28-19(21)22)14(10-13)11-24-20(23-2)25-12-18-26-15-6-4-5-7-16(15)27(18)3;/h4-10,19H,11-12H2,1-3H3,(H2,23,24,25);1H. The van der Waals surface area contributed by atoms with Crippen LogP contribution >= 0.6 is 24.0 Å². The van der Waals surface area contributed by atoms with Gasteiger partial charge in [-0.2, -0.15) is 8.78 Å². The van der Waals surface area contributed by atoms with Gasteiger partial charge in [0, 0.05) is 26.2 Å². The van der Waals surface area contributed by atoms with E-state index in [1.165, 1.54) is 0 Å². The fourth-order valence-corrected chi connectivity index (χ4v) is 2.97. The Bertz CT molecular complexity index is 990. The van der Waals surface area contributed by atoms with Crippen LogP contribution in [0.25, 0.3) is 11.0 Å². The van der Waals surface area contributed by atoms with Crippen LogP contribution in [-0.4, -0.2) is 29.2 Å². The maximum absolute atomic E-state index is 12.6. The van der Waals surface area contributed by atoms with Crippen LogP contribution in [0.4, 0.5) is 8.78 Å². The number of ether oxygens (including phenoxy) is 1. The molecular formula is C20H24F2IN5O. The molecule has 1 heterocycles. The Kier molecular flexibility index (Phi) is 8.18. The van der Waals surface area contributed by atoms with Crippen LogP contribution in [-0.2, 0) is 20.1 Å². The first-order chi connectivity index (χ1) is 13.5. The number of aryl methyl sites for hydroxylation is 2. The number of aromatic nitrogens is 2. The molecule has 0 aliphatic heterocycles. The quantitative estimate of drug-likeness (QED) is 0.297. The average molecular weight is 515 g/mol. The third kappa shape index (κ3) is 5.78. The summed E-state index contributed by atoms with van der Waals surface area (Å²) in [5.41, 5.74) is 3.57. The number of benzene rings is 2. The number of rotatable bonds is 6. The first-order valence-electron chi connectivity index (χ1n) is 8.87. The zero-order valence-electron chi connectivity index (χ0n) is 16.4. The Morgan fingerprint density at radius 3 is 2.59 bits per heavy atom. The monoisotopic (exact) mass is 515 g/mol. The van der Waals surface area contributed by atoms with Crippen LogP contribution < -0.4 is 15.4 Å². The molecule has 156 valence electrons. The highest BCUT2D eigenvalue weighted by molar-refractivity contribution is 14.0. The van der Waals surface area contributed by atoms with Crippen molar-refractivity contribution in [1.29, 1.82) is 0 Å². The summed E-state index contributed by atoms with van der Waals surface area (Å²) < 4.78 is 31.8. The molecule has 0 unspecified atom stereocenters. The van der Waals surface area contributed by atoms with E-state index in [1.807, 2.05) is 48.9 Å². The number of imidazole rings is 1. The van der Waals surface area contributed by atoms with Gasteiger partial charge in [0.2, 0.25) is 0 Å². The Hall–Kier alpha value is -2.43. The lowest BCUT2D eigenvalue weighted by molar-refractivity contribution is -0.0504. The molecule has 0 atom stereocenters. The summed E-state index contributed by atoms with van der Waals surface area (Å²) in [7, 11) is 3.61. The molecule has 0 fully saturated rings. The fourth-order valence-electron chi connectivity index (χ4n) is 2.97. The molecule has 2 aromatic carbocycles. The van der Waals surface area contributed by atoms with Crippen LogP contribution in [0.1, 0.15) is 17.0 Å². The van der Waals surface area contributed by atoms with Crippen LogP contribution in [0.15, 0.2) is 47.5 Å². The average Bonchev–Trinajstić information content (AvgIpc) is 2.99. The van der Waals surface area contributed by atoms with Gasteiger partial charge >= 0.3 is 6.61 Å². The molecule has 0 saturated carbocycles. The number of aliphatic imine (C=N–C) groups is 1. The first-order valence-corrected chi connectivity index (χ1v) is 8.87. The van der Waals surface area contributed by atoms with Gasteiger partial charge in [0.25, 0.3) is 0 Å². The van der Waals surface area contributed by atoms with Gasteiger partial charge in [-0.15, -0.1) is 24.0 Å². The van der Waals surface area contributed by atoms with Crippen molar-refractivity contribution in [1.82, 2.24) is 20.2 Å². The van der Waals surface area contributed by atoms with Crippen molar-refractivity contribution >= 4 is 41.0 Å². The van der Waals surface area contributed by atoms with Gasteiger partial charge in [-0.3, -0.25) is 4.99 Å². The molecule has 0 bridgehead atoms. The lowest BCUT2D eigenvalue weighted by atomic mass is 10.1. The van der Waals surface area contributed by atoms with E-state index in [9.17, 15) is 8.78 Å². The second-order valence-corrected chi connectivity index (χ2v) is 6.34. The number of alkyl halides is 2. The molecule has 0 amide bonds. The summed E-state index contributed by atoms with van der Waals surface area (Å²) in [6.07, 6.45) is 0. The van der Waals surface area contributed by atoms with E-state index < -0.39 is 6.61 Å². The molecule has 0 aliphatic rings. The molecule has 9 heteroatoms. The van der Waals surface area contributed by atoms with Crippen molar-refractivity contribution in [2.45, 2.75) is 26.6 Å². The first kappa shape index (κ1) is 22.9. The second-order valence-electron chi connectivity index (χ2n) is 6.34. The highest BCUT2D eigenvalue weighted by Crippen LogP contribution is 2.22. The summed E-state index contributed by atoms with van der Waals surface area (Å²) >= 11 is 0. The largest absolute Gasteiger partial charge is 0.434 e. The van der Waals surface area contributed by atoms with Gasteiger partial charge < -0.3 is 19.9 Å². The van der Waals surface area contributed by atoms with E-state index in [1.54, 1.807) is 19.2 Å². The predicted molar refractivity (Wildman–Crippen MR) is 121 cm³/mol.